The molecule has 2 aromatic carbocycles. The Morgan fingerprint density at radius 3 is 2.84 bits per heavy atom. The van der Waals surface area contributed by atoms with Crippen LogP contribution < -0.4 is 15.7 Å². The molecule has 0 aliphatic carbocycles. The van der Waals surface area contributed by atoms with Crippen molar-refractivity contribution < 1.29 is 14.6 Å². The minimum absolute atomic E-state index is 0.0280. The van der Waals surface area contributed by atoms with E-state index in [2.05, 4.69) is 31.4 Å². The molecule has 1 amide bonds. The molecular weight excluding hydrogens is 496 g/mol. The molecule has 0 fully saturated rings. The number of rotatable bonds is 6. The molecule has 32 heavy (non-hydrogen) atoms. The van der Waals surface area contributed by atoms with Gasteiger partial charge < -0.3 is 9.84 Å². The van der Waals surface area contributed by atoms with Crippen molar-refractivity contribution in [2.45, 2.75) is 6.54 Å². The van der Waals surface area contributed by atoms with Crippen molar-refractivity contribution in [1.82, 2.24) is 15.0 Å². The molecule has 0 radical (unpaired) electrons. The quantitative estimate of drug-likeness (QED) is 0.302. The Hall–Kier alpha value is -3.50. The highest BCUT2D eigenvalue weighted by atomic mass is 79.9. The summed E-state index contributed by atoms with van der Waals surface area (Å²) in [6, 6.07) is 14.7. The van der Waals surface area contributed by atoms with E-state index < -0.39 is 5.91 Å². The fourth-order valence-corrected chi connectivity index (χ4v) is 4.46. The summed E-state index contributed by atoms with van der Waals surface area (Å²) in [7, 11) is 1.43. The third-order valence-electron chi connectivity index (χ3n) is 4.56. The van der Waals surface area contributed by atoms with Gasteiger partial charge in [0, 0.05) is 4.88 Å². The number of methoxy groups -OCH3 is 1. The first-order chi connectivity index (χ1) is 15.5. The van der Waals surface area contributed by atoms with Crippen molar-refractivity contribution in [2.24, 2.45) is 5.10 Å². The van der Waals surface area contributed by atoms with Crippen LogP contribution in [-0.4, -0.2) is 33.9 Å². The number of ether oxygens (including phenoxy) is 1. The first-order valence-corrected chi connectivity index (χ1v) is 11.0. The van der Waals surface area contributed by atoms with Crippen molar-refractivity contribution >= 4 is 49.6 Å². The number of amides is 1. The van der Waals surface area contributed by atoms with Gasteiger partial charge in [0.25, 0.3) is 11.5 Å². The van der Waals surface area contributed by atoms with Crippen LogP contribution in [0.2, 0.25) is 0 Å². The molecule has 0 spiro atoms. The number of fused-ring (bicyclic) bond motifs is 1. The van der Waals surface area contributed by atoms with Gasteiger partial charge in [-0.15, -0.1) is 11.3 Å². The average molecular weight is 513 g/mol. The molecule has 10 heteroatoms. The van der Waals surface area contributed by atoms with E-state index in [1.54, 1.807) is 18.2 Å². The van der Waals surface area contributed by atoms with Gasteiger partial charge in [-0.3, -0.25) is 14.2 Å². The molecule has 0 unspecified atom stereocenters. The van der Waals surface area contributed by atoms with Gasteiger partial charge in [0.05, 0.1) is 29.5 Å². The van der Waals surface area contributed by atoms with Crippen LogP contribution in [0, 0.1) is 0 Å². The number of halogens is 1. The number of thiophene rings is 1. The molecule has 0 aliphatic rings. The Morgan fingerprint density at radius 1 is 1.31 bits per heavy atom. The summed E-state index contributed by atoms with van der Waals surface area (Å²) < 4.78 is 6.75. The van der Waals surface area contributed by atoms with Gasteiger partial charge >= 0.3 is 0 Å². The topological polar surface area (TPSA) is 106 Å². The monoisotopic (exact) mass is 512 g/mol. The van der Waals surface area contributed by atoms with Crippen LogP contribution in [-0.2, 0) is 11.3 Å². The maximum absolute atomic E-state index is 12.8. The van der Waals surface area contributed by atoms with Crippen LogP contribution in [0.3, 0.4) is 0 Å². The largest absolute Gasteiger partial charge is 0.503 e. The van der Waals surface area contributed by atoms with Gasteiger partial charge in [0.15, 0.2) is 11.5 Å². The van der Waals surface area contributed by atoms with Crippen molar-refractivity contribution in [1.29, 1.82) is 0 Å². The zero-order chi connectivity index (χ0) is 22.7. The van der Waals surface area contributed by atoms with E-state index in [1.165, 1.54) is 35.6 Å². The van der Waals surface area contributed by atoms with Gasteiger partial charge in [-0.1, -0.05) is 30.3 Å². The average Bonchev–Trinajstić information content (AvgIpc) is 3.24. The number of hydrazone groups is 1. The molecule has 8 nitrogen and oxygen atoms in total. The minimum Gasteiger partial charge on any atom is -0.503 e. The lowest BCUT2D eigenvalue weighted by Crippen LogP contribution is -2.29. The molecule has 2 heterocycles. The zero-order valence-electron chi connectivity index (χ0n) is 16.8. The van der Waals surface area contributed by atoms with E-state index in [0.29, 0.717) is 20.3 Å². The summed E-state index contributed by atoms with van der Waals surface area (Å²) in [5.41, 5.74) is 3.69. The van der Waals surface area contributed by atoms with Crippen LogP contribution in [0.25, 0.3) is 20.7 Å². The van der Waals surface area contributed by atoms with Gasteiger partial charge in [0.2, 0.25) is 0 Å². The number of hydrogen-bond acceptors (Lipinski definition) is 7. The second-order valence-electron chi connectivity index (χ2n) is 6.72. The molecule has 2 aromatic heterocycles. The first-order valence-electron chi connectivity index (χ1n) is 9.39. The second-order valence-corrected chi connectivity index (χ2v) is 8.60. The standard InChI is InChI=1S/C22H17BrN4O4S/c1-31-17-8-13(7-16(23)20(17)29)10-25-26-19(28)11-27-12-24-21-15(22(27)30)9-18(32-21)14-5-3-2-4-6-14/h2-10,12,29H,11H2,1H3,(H,26,28). The number of phenolic OH excluding ortho intramolecular Hbond substituents is 1. The zero-order valence-corrected chi connectivity index (χ0v) is 19.2. The SMILES string of the molecule is COc1cc(C=NNC(=O)Cn2cnc3sc(-c4ccccc4)cc3c2=O)cc(Br)c1O. The van der Waals surface area contributed by atoms with E-state index in [4.69, 9.17) is 4.74 Å². The van der Waals surface area contributed by atoms with Crippen molar-refractivity contribution in [3.8, 4) is 21.9 Å². The predicted molar refractivity (Wildman–Crippen MR) is 127 cm³/mol. The lowest BCUT2D eigenvalue weighted by molar-refractivity contribution is -0.121. The maximum atomic E-state index is 12.8. The predicted octanol–water partition coefficient (Wildman–Crippen LogP) is 3.75. The van der Waals surface area contributed by atoms with Crippen molar-refractivity contribution in [3.63, 3.8) is 0 Å². The minimum atomic E-state index is -0.479. The molecule has 0 aliphatic heterocycles. The Kier molecular flexibility index (Phi) is 6.33. The maximum Gasteiger partial charge on any atom is 0.262 e. The molecule has 4 aromatic rings. The first kappa shape index (κ1) is 21.7. The summed E-state index contributed by atoms with van der Waals surface area (Å²) in [5.74, 6) is -0.239. The Labute approximate surface area is 194 Å². The fourth-order valence-electron chi connectivity index (χ4n) is 3.01. The van der Waals surface area contributed by atoms with Crippen molar-refractivity contribution in [3.05, 3.63) is 75.2 Å². The number of phenols is 1. The molecule has 2 N–H and O–H groups in total. The van der Waals surface area contributed by atoms with E-state index in [1.807, 2.05) is 30.3 Å². The van der Waals surface area contributed by atoms with Gasteiger partial charge in [0.1, 0.15) is 11.4 Å². The Morgan fingerprint density at radius 2 is 2.09 bits per heavy atom. The Balaban J connectivity index is 1.48. The fraction of sp³-hybridized carbons (Fsp3) is 0.0909. The molecule has 4 rings (SSSR count). The van der Waals surface area contributed by atoms with Crippen LogP contribution in [0.15, 0.2) is 69.2 Å². The molecule has 0 bridgehead atoms. The number of aromatic hydroxyl groups is 1. The summed E-state index contributed by atoms with van der Waals surface area (Å²) in [6.07, 6.45) is 2.76. The number of nitrogens with one attached hydrogen (secondary N) is 1. The molecule has 0 saturated heterocycles. The normalized spacial score (nSPS) is 11.2. The van der Waals surface area contributed by atoms with E-state index in [-0.39, 0.29) is 23.6 Å². The Bertz CT molecular complexity index is 1380. The second kappa shape index (κ2) is 9.33. The number of aromatic nitrogens is 2. The van der Waals surface area contributed by atoms with E-state index in [0.717, 1.165) is 10.4 Å². The lowest BCUT2D eigenvalue weighted by atomic mass is 10.2. The van der Waals surface area contributed by atoms with Crippen molar-refractivity contribution in [2.75, 3.05) is 7.11 Å². The highest BCUT2D eigenvalue weighted by molar-refractivity contribution is 9.10. The third kappa shape index (κ3) is 4.56. The van der Waals surface area contributed by atoms with E-state index >= 15 is 0 Å². The van der Waals surface area contributed by atoms with Gasteiger partial charge in [-0.05, 0) is 45.3 Å². The highest BCUT2D eigenvalue weighted by Gasteiger charge is 2.12. The number of carbonyl (C=O) groups excluding carboxylic acids is 1. The number of carbonyl (C=O) groups is 1. The van der Waals surface area contributed by atoms with Crippen LogP contribution in [0.5, 0.6) is 11.5 Å². The molecular formula is C22H17BrN4O4S. The smallest absolute Gasteiger partial charge is 0.262 e. The van der Waals surface area contributed by atoms with Crippen LogP contribution in [0.4, 0.5) is 0 Å². The van der Waals surface area contributed by atoms with Gasteiger partial charge in [-0.2, -0.15) is 5.10 Å². The van der Waals surface area contributed by atoms with Crippen LogP contribution >= 0.6 is 27.3 Å². The number of benzene rings is 2. The number of nitrogens with zero attached hydrogens (tertiary/aromatic N) is 3. The lowest BCUT2D eigenvalue weighted by Gasteiger charge is -2.06. The van der Waals surface area contributed by atoms with E-state index in [9.17, 15) is 14.7 Å². The summed E-state index contributed by atoms with van der Waals surface area (Å²) in [6.45, 7) is -0.224. The third-order valence-corrected chi connectivity index (χ3v) is 6.26. The number of hydrogen-bond donors (Lipinski definition) is 2. The molecule has 0 atom stereocenters. The summed E-state index contributed by atoms with van der Waals surface area (Å²) in [5, 5.41) is 14.2. The van der Waals surface area contributed by atoms with Crippen LogP contribution in [0.1, 0.15) is 5.56 Å². The highest BCUT2D eigenvalue weighted by Crippen LogP contribution is 2.34. The molecule has 0 saturated carbocycles. The summed E-state index contributed by atoms with van der Waals surface area (Å²) >= 11 is 4.65. The summed E-state index contributed by atoms with van der Waals surface area (Å²) in [4.78, 5) is 31.0. The van der Waals surface area contributed by atoms with Gasteiger partial charge in [-0.25, -0.2) is 10.4 Å². The molecule has 162 valence electrons.